The molecule has 0 spiro atoms. The van der Waals surface area contributed by atoms with Gasteiger partial charge in [0.05, 0.1) is 17.5 Å². The van der Waals surface area contributed by atoms with E-state index >= 15 is 0 Å². The van der Waals surface area contributed by atoms with Crippen LogP contribution in [0.5, 0.6) is 0 Å². The van der Waals surface area contributed by atoms with Gasteiger partial charge in [0.15, 0.2) is 5.76 Å². The molecular formula is C19H14N2O. The summed E-state index contributed by atoms with van der Waals surface area (Å²) in [5.41, 5.74) is 3.82. The first-order valence-electron chi connectivity index (χ1n) is 7.16. The summed E-state index contributed by atoms with van der Waals surface area (Å²) in [5, 5.41) is 4.55. The van der Waals surface area contributed by atoms with E-state index in [0.29, 0.717) is 0 Å². The Bertz CT molecular complexity index is 899. The normalized spacial score (nSPS) is 10.7. The predicted octanol–water partition coefficient (Wildman–Crippen LogP) is 5.24. The highest BCUT2D eigenvalue weighted by atomic mass is 16.3. The van der Waals surface area contributed by atoms with Gasteiger partial charge in [0, 0.05) is 11.1 Å². The molecule has 106 valence electrons. The molecule has 2 aromatic carbocycles. The van der Waals surface area contributed by atoms with Crippen LogP contribution in [0.3, 0.4) is 0 Å². The number of pyridine rings is 1. The molecule has 0 radical (unpaired) electrons. The van der Waals surface area contributed by atoms with E-state index in [1.807, 2.05) is 66.7 Å². The third-order valence-corrected chi connectivity index (χ3v) is 3.54. The van der Waals surface area contributed by atoms with E-state index in [0.717, 1.165) is 33.7 Å². The lowest BCUT2D eigenvalue weighted by atomic mass is 10.1. The number of nitrogens with one attached hydrogen (secondary N) is 1. The van der Waals surface area contributed by atoms with E-state index in [9.17, 15) is 0 Å². The minimum absolute atomic E-state index is 0.766. The van der Waals surface area contributed by atoms with Crippen molar-refractivity contribution in [1.29, 1.82) is 0 Å². The van der Waals surface area contributed by atoms with Crippen molar-refractivity contribution in [1.82, 2.24) is 4.98 Å². The van der Waals surface area contributed by atoms with Crippen molar-refractivity contribution >= 4 is 22.3 Å². The summed E-state index contributed by atoms with van der Waals surface area (Å²) in [5.74, 6) is 0.766. The maximum atomic E-state index is 5.48. The largest absolute Gasteiger partial charge is 0.463 e. The number of rotatable bonds is 3. The number of hydrogen-bond donors (Lipinski definition) is 1. The molecule has 0 unspecified atom stereocenters. The Balaban J connectivity index is 1.88. The smallest absolute Gasteiger partial charge is 0.152 e. The first-order valence-corrected chi connectivity index (χ1v) is 7.16. The third-order valence-electron chi connectivity index (χ3n) is 3.54. The van der Waals surface area contributed by atoms with Gasteiger partial charge < -0.3 is 9.73 Å². The molecule has 0 aliphatic carbocycles. The van der Waals surface area contributed by atoms with Gasteiger partial charge in [-0.15, -0.1) is 0 Å². The van der Waals surface area contributed by atoms with E-state index < -0.39 is 0 Å². The van der Waals surface area contributed by atoms with Crippen molar-refractivity contribution < 1.29 is 4.42 Å². The van der Waals surface area contributed by atoms with Crippen LogP contribution in [0.4, 0.5) is 11.4 Å². The average molecular weight is 286 g/mol. The first-order chi connectivity index (χ1) is 10.9. The monoisotopic (exact) mass is 286 g/mol. The Kier molecular flexibility index (Phi) is 3.09. The van der Waals surface area contributed by atoms with Crippen LogP contribution < -0.4 is 5.32 Å². The minimum Gasteiger partial charge on any atom is -0.463 e. The van der Waals surface area contributed by atoms with E-state index in [4.69, 9.17) is 4.42 Å². The predicted molar refractivity (Wildman–Crippen MR) is 89.2 cm³/mol. The second-order valence-electron chi connectivity index (χ2n) is 5.04. The molecule has 0 aliphatic heterocycles. The molecule has 0 saturated carbocycles. The summed E-state index contributed by atoms with van der Waals surface area (Å²) < 4.78 is 5.48. The van der Waals surface area contributed by atoms with Crippen molar-refractivity contribution in [2.45, 2.75) is 0 Å². The van der Waals surface area contributed by atoms with Crippen molar-refractivity contribution in [2.75, 3.05) is 5.32 Å². The third kappa shape index (κ3) is 2.33. The second-order valence-corrected chi connectivity index (χ2v) is 5.04. The lowest BCUT2D eigenvalue weighted by Gasteiger charge is -2.11. The number of benzene rings is 2. The molecule has 0 atom stereocenters. The minimum atomic E-state index is 0.766. The molecule has 3 heteroatoms. The van der Waals surface area contributed by atoms with Crippen LogP contribution in [-0.4, -0.2) is 4.98 Å². The highest BCUT2D eigenvalue weighted by Crippen LogP contribution is 2.30. The van der Waals surface area contributed by atoms with Crippen LogP contribution in [0.25, 0.3) is 22.4 Å². The topological polar surface area (TPSA) is 38.1 Å². The summed E-state index contributed by atoms with van der Waals surface area (Å²) in [6, 6.07) is 24.0. The zero-order chi connectivity index (χ0) is 14.8. The number of nitrogens with zero attached hydrogens (tertiary/aromatic N) is 1. The van der Waals surface area contributed by atoms with Gasteiger partial charge in [-0.05, 0) is 36.4 Å². The van der Waals surface area contributed by atoms with Gasteiger partial charge in [0.25, 0.3) is 0 Å². The Morgan fingerprint density at radius 3 is 2.45 bits per heavy atom. The fourth-order valence-electron chi connectivity index (χ4n) is 2.51. The van der Waals surface area contributed by atoms with Crippen LogP contribution in [0.1, 0.15) is 0 Å². The second kappa shape index (κ2) is 5.37. The van der Waals surface area contributed by atoms with Gasteiger partial charge in [0.1, 0.15) is 5.69 Å². The Morgan fingerprint density at radius 2 is 1.64 bits per heavy atom. The number of hydrogen-bond acceptors (Lipinski definition) is 3. The molecule has 0 aliphatic rings. The first kappa shape index (κ1) is 12.7. The Morgan fingerprint density at radius 1 is 0.818 bits per heavy atom. The molecule has 0 bridgehead atoms. The average Bonchev–Trinajstić information content (AvgIpc) is 3.10. The number of para-hydroxylation sites is 2. The molecule has 0 fully saturated rings. The van der Waals surface area contributed by atoms with Gasteiger partial charge in [-0.2, -0.15) is 0 Å². The Labute approximate surface area is 128 Å². The molecule has 0 amide bonds. The fourth-order valence-corrected chi connectivity index (χ4v) is 2.51. The van der Waals surface area contributed by atoms with Crippen molar-refractivity contribution in [3.8, 4) is 11.5 Å². The maximum absolute atomic E-state index is 5.48. The molecule has 2 aromatic heterocycles. The summed E-state index contributed by atoms with van der Waals surface area (Å²) in [6.45, 7) is 0. The van der Waals surface area contributed by atoms with E-state index in [1.165, 1.54) is 0 Å². The van der Waals surface area contributed by atoms with E-state index in [1.54, 1.807) is 6.26 Å². The SMILES string of the molecule is c1ccc(Nc2cc(-c3ccco3)nc3ccccc23)cc1. The van der Waals surface area contributed by atoms with Gasteiger partial charge in [-0.3, -0.25) is 0 Å². The molecule has 2 heterocycles. The van der Waals surface area contributed by atoms with Crippen LogP contribution in [0.2, 0.25) is 0 Å². The van der Waals surface area contributed by atoms with Gasteiger partial charge >= 0.3 is 0 Å². The number of furan rings is 1. The van der Waals surface area contributed by atoms with Crippen molar-refractivity contribution in [3.63, 3.8) is 0 Å². The Hall–Kier alpha value is -3.07. The van der Waals surface area contributed by atoms with E-state index in [2.05, 4.69) is 16.4 Å². The lowest BCUT2D eigenvalue weighted by molar-refractivity contribution is 0.580. The van der Waals surface area contributed by atoms with Crippen molar-refractivity contribution in [3.05, 3.63) is 79.1 Å². The molecule has 3 nitrogen and oxygen atoms in total. The standard InChI is InChI=1S/C19H14N2O/c1-2-7-14(8-3-1)20-17-13-18(19-11-6-12-22-19)21-16-10-5-4-9-15(16)17/h1-13H,(H,20,21). The van der Waals surface area contributed by atoms with Crippen LogP contribution >= 0.6 is 0 Å². The number of aromatic nitrogens is 1. The maximum Gasteiger partial charge on any atom is 0.152 e. The number of anilines is 2. The molecule has 4 aromatic rings. The molecule has 22 heavy (non-hydrogen) atoms. The molecule has 4 rings (SSSR count). The zero-order valence-electron chi connectivity index (χ0n) is 11.9. The fraction of sp³-hybridized carbons (Fsp3) is 0. The quantitative estimate of drug-likeness (QED) is 0.559. The van der Waals surface area contributed by atoms with Gasteiger partial charge in [0.2, 0.25) is 0 Å². The molecule has 1 N–H and O–H groups in total. The highest BCUT2D eigenvalue weighted by Gasteiger charge is 2.09. The molecule has 0 saturated heterocycles. The number of fused-ring (bicyclic) bond motifs is 1. The van der Waals surface area contributed by atoms with E-state index in [-0.39, 0.29) is 0 Å². The van der Waals surface area contributed by atoms with Crippen molar-refractivity contribution in [2.24, 2.45) is 0 Å². The summed E-state index contributed by atoms with van der Waals surface area (Å²) in [7, 11) is 0. The van der Waals surface area contributed by atoms with Crippen LogP contribution in [0, 0.1) is 0 Å². The highest BCUT2D eigenvalue weighted by molar-refractivity contribution is 5.95. The van der Waals surface area contributed by atoms with Gasteiger partial charge in [-0.1, -0.05) is 36.4 Å². The zero-order valence-corrected chi connectivity index (χ0v) is 11.9. The molecular weight excluding hydrogens is 272 g/mol. The van der Waals surface area contributed by atoms with Gasteiger partial charge in [-0.25, -0.2) is 4.98 Å². The van der Waals surface area contributed by atoms with Crippen LogP contribution in [0.15, 0.2) is 83.5 Å². The van der Waals surface area contributed by atoms with Crippen LogP contribution in [-0.2, 0) is 0 Å². The lowest BCUT2D eigenvalue weighted by Crippen LogP contribution is -1.94. The summed E-state index contributed by atoms with van der Waals surface area (Å²) >= 11 is 0. The summed E-state index contributed by atoms with van der Waals surface area (Å²) in [6.07, 6.45) is 1.66. The summed E-state index contributed by atoms with van der Waals surface area (Å²) in [4.78, 5) is 4.69.